The normalized spacial score (nSPS) is 16.9. The third kappa shape index (κ3) is 5.34. The van der Waals surface area contributed by atoms with E-state index < -0.39 is 0 Å². The van der Waals surface area contributed by atoms with Crippen LogP contribution in [0.2, 0.25) is 0 Å². The number of amides is 1. The molecule has 1 aromatic rings. The molecule has 1 amide bonds. The van der Waals surface area contributed by atoms with Crippen LogP contribution in [0.15, 0.2) is 23.8 Å². The van der Waals surface area contributed by atoms with Gasteiger partial charge in [-0.05, 0) is 37.9 Å². The highest BCUT2D eigenvalue weighted by molar-refractivity contribution is 5.92. The van der Waals surface area contributed by atoms with Crippen LogP contribution < -0.4 is 15.5 Å². The molecule has 1 saturated heterocycles. The summed E-state index contributed by atoms with van der Waals surface area (Å²) < 4.78 is 0. The van der Waals surface area contributed by atoms with Gasteiger partial charge < -0.3 is 15.5 Å². The number of aromatic nitrogens is 2. The van der Waals surface area contributed by atoms with E-state index in [0.29, 0.717) is 12.2 Å². The van der Waals surface area contributed by atoms with Gasteiger partial charge in [-0.15, -0.1) is 35.0 Å². The Hall–Kier alpha value is -1.37. The number of hydrogen-bond donors (Lipinski definition) is 2. The van der Waals surface area contributed by atoms with Crippen LogP contribution in [-0.4, -0.2) is 48.8 Å². The van der Waals surface area contributed by atoms with E-state index in [0.717, 1.165) is 38.4 Å². The first-order valence-corrected chi connectivity index (χ1v) is 7.58. The highest BCUT2D eigenvalue weighted by Crippen LogP contribution is 2.16. The van der Waals surface area contributed by atoms with Crippen molar-refractivity contribution in [2.75, 3.05) is 37.6 Å². The van der Waals surface area contributed by atoms with Gasteiger partial charge in [0.15, 0.2) is 11.5 Å². The van der Waals surface area contributed by atoms with Crippen molar-refractivity contribution in [2.24, 2.45) is 0 Å². The molecule has 8 heteroatoms. The maximum atomic E-state index is 12.0. The topological polar surface area (TPSA) is 70.2 Å². The van der Waals surface area contributed by atoms with Gasteiger partial charge in [0, 0.05) is 26.2 Å². The van der Waals surface area contributed by atoms with Crippen molar-refractivity contribution in [3.05, 3.63) is 29.5 Å². The SMILES string of the molecule is Cl.Cl.O=C(NCC1=CCNCC1)c1ccc(N2CCCC2)nn1. The first kappa shape index (κ1) is 19.7. The minimum absolute atomic E-state index is 0. The maximum Gasteiger partial charge on any atom is 0.272 e. The highest BCUT2D eigenvalue weighted by Gasteiger charge is 2.15. The molecule has 128 valence electrons. The molecule has 0 spiro atoms. The number of rotatable bonds is 4. The van der Waals surface area contributed by atoms with Gasteiger partial charge in [0.25, 0.3) is 5.91 Å². The predicted octanol–water partition coefficient (Wildman–Crippen LogP) is 1.57. The fourth-order valence-corrected chi connectivity index (χ4v) is 2.68. The smallest absolute Gasteiger partial charge is 0.272 e. The van der Waals surface area contributed by atoms with Crippen LogP contribution in [-0.2, 0) is 0 Å². The molecule has 0 radical (unpaired) electrons. The van der Waals surface area contributed by atoms with Gasteiger partial charge >= 0.3 is 0 Å². The molecule has 0 aromatic carbocycles. The summed E-state index contributed by atoms with van der Waals surface area (Å²) >= 11 is 0. The molecule has 23 heavy (non-hydrogen) atoms. The molecule has 3 rings (SSSR count). The second-order valence-electron chi connectivity index (χ2n) is 5.47. The Labute approximate surface area is 148 Å². The fraction of sp³-hybridized carbons (Fsp3) is 0.533. The van der Waals surface area contributed by atoms with Gasteiger partial charge in [-0.3, -0.25) is 4.79 Å². The number of carbonyl (C=O) groups is 1. The lowest BCUT2D eigenvalue weighted by molar-refractivity contribution is 0.0950. The number of anilines is 1. The zero-order valence-corrected chi connectivity index (χ0v) is 14.6. The summed E-state index contributed by atoms with van der Waals surface area (Å²) in [5.74, 6) is 0.708. The lowest BCUT2D eigenvalue weighted by atomic mass is 10.1. The molecule has 0 saturated carbocycles. The van der Waals surface area contributed by atoms with Crippen LogP contribution in [0, 0.1) is 0 Å². The second kappa shape index (κ2) is 9.70. The van der Waals surface area contributed by atoms with Crippen LogP contribution in [0.3, 0.4) is 0 Å². The molecule has 6 nitrogen and oxygen atoms in total. The summed E-state index contributed by atoms with van der Waals surface area (Å²) in [6.45, 7) is 4.52. The zero-order valence-electron chi connectivity index (χ0n) is 13.0. The van der Waals surface area contributed by atoms with Gasteiger partial charge in [-0.1, -0.05) is 11.6 Å². The van der Waals surface area contributed by atoms with Crippen molar-refractivity contribution < 1.29 is 4.79 Å². The number of nitrogens with zero attached hydrogens (tertiary/aromatic N) is 3. The second-order valence-corrected chi connectivity index (χ2v) is 5.47. The standard InChI is InChI=1S/C15H21N5O.2ClH/c21-15(17-11-12-5-7-16-8-6-12)13-3-4-14(19-18-13)20-9-1-2-10-20;;/h3-5,16H,1-2,6-11H2,(H,17,21);2*1H. The van der Waals surface area contributed by atoms with Crippen LogP contribution in [0.4, 0.5) is 5.82 Å². The molecule has 0 unspecified atom stereocenters. The van der Waals surface area contributed by atoms with E-state index in [1.54, 1.807) is 6.07 Å². The number of nitrogens with one attached hydrogen (secondary N) is 2. The largest absolute Gasteiger partial charge is 0.355 e. The average molecular weight is 360 g/mol. The summed E-state index contributed by atoms with van der Waals surface area (Å²) in [5.41, 5.74) is 1.65. The fourth-order valence-electron chi connectivity index (χ4n) is 2.68. The van der Waals surface area contributed by atoms with Crippen molar-refractivity contribution in [3.8, 4) is 0 Å². The van der Waals surface area contributed by atoms with E-state index in [2.05, 4.69) is 31.8 Å². The monoisotopic (exact) mass is 359 g/mol. The Morgan fingerprint density at radius 1 is 1.22 bits per heavy atom. The van der Waals surface area contributed by atoms with Crippen molar-refractivity contribution >= 4 is 36.5 Å². The Morgan fingerprint density at radius 3 is 2.61 bits per heavy atom. The van der Waals surface area contributed by atoms with Crippen LogP contribution in [0.1, 0.15) is 29.8 Å². The molecular formula is C15H23Cl2N5O. The van der Waals surface area contributed by atoms with Crippen molar-refractivity contribution in [3.63, 3.8) is 0 Å². The van der Waals surface area contributed by atoms with E-state index in [1.165, 1.54) is 18.4 Å². The molecule has 0 bridgehead atoms. The molecule has 1 fully saturated rings. The van der Waals surface area contributed by atoms with Crippen LogP contribution in [0.25, 0.3) is 0 Å². The van der Waals surface area contributed by atoms with Crippen molar-refractivity contribution in [1.82, 2.24) is 20.8 Å². The maximum absolute atomic E-state index is 12.0. The third-order valence-corrected chi connectivity index (χ3v) is 3.95. The summed E-state index contributed by atoms with van der Waals surface area (Å²) in [6.07, 6.45) is 5.52. The van der Waals surface area contributed by atoms with Gasteiger partial charge in [-0.2, -0.15) is 0 Å². The van der Waals surface area contributed by atoms with Gasteiger partial charge in [0.1, 0.15) is 0 Å². The molecule has 2 aliphatic rings. The molecule has 2 aliphatic heterocycles. The Balaban J connectivity index is 0.00000132. The number of carbonyl (C=O) groups excluding carboxylic acids is 1. The molecular weight excluding hydrogens is 337 g/mol. The number of hydrogen-bond acceptors (Lipinski definition) is 5. The molecule has 1 aromatic heterocycles. The van der Waals surface area contributed by atoms with E-state index >= 15 is 0 Å². The molecule has 0 aliphatic carbocycles. The van der Waals surface area contributed by atoms with Gasteiger partial charge in [-0.25, -0.2) is 0 Å². The highest BCUT2D eigenvalue weighted by atomic mass is 35.5. The minimum Gasteiger partial charge on any atom is -0.355 e. The van der Waals surface area contributed by atoms with Crippen molar-refractivity contribution in [1.29, 1.82) is 0 Å². The lowest BCUT2D eigenvalue weighted by Crippen LogP contribution is -2.30. The predicted molar refractivity (Wildman–Crippen MR) is 95.9 cm³/mol. The first-order valence-electron chi connectivity index (χ1n) is 7.58. The van der Waals surface area contributed by atoms with Gasteiger partial charge in [0.05, 0.1) is 0 Å². The summed E-state index contributed by atoms with van der Waals surface area (Å²) in [7, 11) is 0. The minimum atomic E-state index is -0.157. The molecule has 3 heterocycles. The Morgan fingerprint density at radius 2 is 2.00 bits per heavy atom. The summed E-state index contributed by atoms with van der Waals surface area (Å²) in [5, 5.41) is 14.4. The number of halogens is 2. The van der Waals surface area contributed by atoms with Crippen LogP contribution >= 0.6 is 24.8 Å². The van der Waals surface area contributed by atoms with Gasteiger partial charge in [0.2, 0.25) is 0 Å². The third-order valence-electron chi connectivity index (χ3n) is 3.95. The lowest BCUT2D eigenvalue weighted by Gasteiger charge is -2.16. The Bertz CT molecular complexity index is 529. The summed E-state index contributed by atoms with van der Waals surface area (Å²) in [6, 6.07) is 3.64. The molecule has 0 atom stereocenters. The van der Waals surface area contributed by atoms with E-state index in [4.69, 9.17) is 0 Å². The van der Waals surface area contributed by atoms with E-state index in [-0.39, 0.29) is 30.7 Å². The van der Waals surface area contributed by atoms with E-state index in [1.807, 2.05) is 6.07 Å². The quantitative estimate of drug-likeness (QED) is 0.798. The van der Waals surface area contributed by atoms with Crippen LogP contribution in [0.5, 0.6) is 0 Å². The Kier molecular flexibility index (Phi) is 8.30. The van der Waals surface area contributed by atoms with Crippen molar-refractivity contribution in [2.45, 2.75) is 19.3 Å². The first-order chi connectivity index (χ1) is 10.3. The summed E-state index contributed by atoms with van der Waals surface area (Å²) in [4.78, 5) is 14.3. The zero-order chi connectivity index (χ0) is 14.5. The molecule has 2 N–H and O–H groups in total. The van der Waals surface area contributed by atoms with E-state index in [9.17, 15) is 4.79 Å². The average Bonchev–Trinajstić information content (AvgIpc) is 3.08.